The van der Waals surface area contributed by atoms with Crippen LogP contribution < -0.4 is 5.73 Å². The van der Waals surface area contributed by atoms with Gasteiger partial charge in [0.05, 0.1) is 17.1 Å². The van der Waals surface area contributed by atoms with E-state index in [0.717, 1.165) is 42.0 Å². The largest absolute Gasteiger partial charge is 0.399 e. The molecule has 1 saturated heterocycles. The summed E-state index contributed by atoms with van der Waals surface area (Å²) in [4.78, 5) is 7.90. The molecule has 0 amide bonds. The second-order valence-electron chi connectivity index (χ2n) is 4.99. The van der Waals surface area contributed by atoms with Crippen molar-refractivity contribution in [3.05, 3.63) is 24.0 Å². The third-order valence-electron chi connectivity index (χ3n) is 3.53. The van der Waals surface area contributed by atoms with Crippen molar-refractivity contribution in [2.24, 2.45) is 0 Å². The molecule has 0 radical (unpaired) electrons. The highest BCUT2D eigenvalue weighted by Crippen LogP contribution is 2.19. The molecule has 4 nitrogen and oxygen atoms in total. The number of fused-ring (bicyclic) bond motifs is 1. The molecule has 4 heteroatoms. The van der Waals surface area contributed by atoms with E-state index in [1.807, 2.05) is 18.2 Å². The van der Waals surface area contributed by atoms with Gasteiger partial charge in [0.15, 0.2) is 0 Å². The summed E-state index contributed by atoms with van der Waals surface area (Å²) in [5.74, 6) is 1.03. The molecule has 0 spiro atoms. The number of aryl methyl sites for hydroxylation is 1. The number of hydrogen-bond donors (Lipinski definition) is 2. The molecule has 1 atom stereocenters. The van der Waals surface area contributed by atoms with Gasteiger partial charge in [-0.2, -0.15) is 0 Å². The van der Waals surface area contributed by atoms with Crippen LogP contribution in [-0.2, 0) is 11.2 Å². The lowest BCUT2D eigenvalue weighted by molar-refractivity contribution is 0.0112. The zero-order chi connectivity index (χ0) is 12.4. The highest BCUT2D eigenvalue weighted by atomic mass is 16.5. The molecule has 96 valence electrons. The average Bonchev–Trinajstić information content (AvgIpc) is 2.79. The van der Waals surface area contributed by atoms with Gasteiger partial charge >= 0.3 is 0 Å². The molecule has 0 saturated carbocycles. The molecule has 18 heavy (non-hydrogen) atoms. The van der Waals surface area contributed by atoms with E-state index >= 15 is 0 Å². The number of H-pyrrole nitrogens is 1. The molecule has 2 heterocycles. The van der Waals surface area contributed by atoms with Crippen LogP contribution in [0.25, 0.3) is 11.0 Å². The van der Waals surface area contributed by atoms with Crippen molar-refractivity contribution in [2.75, 3.05) is 12.3 Å². The highest BCUT2D eigenvalue weighted by Gasteiger charge is 2.14. The van der Waals surface area contributed by atoms with Crippen LogP contribution in [0.1, 0.15) is 31.5 Å². The topological polar surface area (TPSA) is 63.9 Å². The van der Waals surface area contributed by atoms with Crippen molar-refractivity contribution < 1.29 is 4.74 Å². The lowest BCUT2D eigenvalue weighted by Gasteiger charge is -2.21. The number of rotatable bonds is 3. The van der Waals surface area contributed by atoms with E-state index in [-0.39, 0.29) is 0 Å². The molecule has 1 unspecified atom stereocenters. The van der Waals surface area contributed by atoms with Gasteiger partial charge in [0.25, 0.3) is 0 Å². The summed E-state index contributed by atoms with van der Waals surface area (Å²) in [6.07, 6.45) is 6.10. The predicted molar refractivity (Wildman–Crippen MR) is 72.4 cm³/mol. The van der Waals surface area contributed by atoms with Crippen molar-refractivity contribution in [1.29, 1.82) is 0 Å². The van der Waals surface area contributed by atoms with Crippen molar-refractivity contribution in [3.8, 4) is 0 Å². The summed E-state index contributed by atoms with van der Waals surface area (Å²) in [5, 5.41) is 0. The number of aromatic amines is 1. The van der Waals surface area contributed by atoms with Crippen LogP contribution in [0.5, 0.6) is 0 Å². The molecule has 3 N–H and O–H groups in total. The fourth-order valence-electron chi connectivity index (χ4n) is 2.53. The minimum Gasteiger partial charge on any atom is -0.399 e. The van der Waals surface area contributed by atoms with Gasteiger partial charge in [0, 0.05) is 18.7 Å². The molecule has 1 aromatic heterocycles. The van der Waals surface area contributed by atoms with E-state index in [1.54, 1.807) is 0 Å². The summed E-state index contributed by atoms with van der Waals surface area (Å²) in [7, 11) is 0. The molecule has 1 aromatic carbocycles. The van der Waals surface area contributed by atoms with Crippen LogP contribution in [0.4, 0.5) is 5.69 Å². The molecule has 1 aliphatic heterocycles. The van der Waals surface area contributed by atoms with Gasteiger partial charge in [-0.3, -0.25) is 0 Å². The third kappa shape index (κ3) is 2.48. The lowest BCUT2D eigenvalue weighted by Crippen LogP contribution is -2.19. The SMILES string of the molecule is Nc1ccc2nc(CCC3CCCCO3)[nH]c2c1. The predicted octanol–water partition coefficient (Wildman–Crippen LogP) is 2.65. The Balaban J connectivity index is 1.67. The number of benzene rings is 1. The Kier molecular flexibility index (Phi) is 3.19. The number of nitrogens with one attached hydrogen (secondary N) is 1. The molecule has 1 aliphatic rings. The van der Waals surface area contributed by atoms with Gasteiger partial charge in [-0.05, 0) is 43.9 Å². The van der Waals surface area contributed by atoms with E-state index in [4.69, 9.17) is 10.5 Å². The standard InChI is InChI=1S/C14H19N3O/c15-10-4-6-12-13(9-10)17-14(16-12)7-5-11-3-1-2-8-18-11/h4,6,9,11H,1-3,5,7-8,15H2,(H,16,17). The zero-order valence-corrected chi connectivity index (χ0v) is 10.5. The van der Waals surface area contributed by atoms with Crippen LogP contribution in [0.2, 0.25) is 0 Å². The number of aromatic nitrogens is 2. The van der Waals surface area contributed by atoms with Gasteiger partial charge in [-0.15, -0.1) is 0 Å². The summed E-state index contributed by atoms with van der Waals surface area (Å²) in [6.45, 7) is 0.918. The Morgan fingerprint density at radius 3 is 3.17 bits per heavy atom. The minimum atomic E-state index is 0.414. The highest BCUT2D eigenvalue weighted by molar-refractivity contribution is 5.78. The van der Waals surface area contributed by atoms with E-state index in [0.29, 0.717) is 6.10 Å². The van der Waals surface area contributed by atoms with Crippen molar-refractivity contribution >= 4 is 16.7 Å². The first-order valence-corrected chi connectivity index (χ1v) is 6.67. The van der Waals surface area contributed by atoms with E-state index in [1.165, 1.54) is 19.3 Å². The number of hydrogen-bond acceptors (Lipinski definition) is 3. The first-order valence-electron chi connectivity index (χ1n) is 6.67. The maximum absolute atomic E-state index is 5.76. The average molecular weight is 245 g/mol. The lowest BCUT2D eigenvalue weighted by atomic mass is 10.0. The second-order valence-corrected chi connectivity index (χ2v) is 4.99. The number of ether oxygens (including phenoxy) is 1. The molecule has 0 bridgehead atoms. The first kappa shape index (κ1) is 11.5. The van der Waals surface area contributed by atoms with Crippen molar-refractivity contribution in [3.63, 3.8) is 0 Å². The Morgan fingerprint density at radius 1 is 1.39 bits per heavy atom. The Morgan fingerprint density at radius 2 is 2.33 bits per heavy atom. The summed E-state index contributed by atoms with van der Waals surface area (Å²) < 4.78 is 5.73. The van der Waals surface area contributed by atoms with E-state index in [9.17, 15) is 0 Å². The molecule has 2 aromatic rings. The van der Waals surface area contributed by atoms with Crippen LogP contribution in [0.15, 0.2) is 18.2 Å². The summed E-state index contributed by atoms with van der Waals surface area (Å²) >= 11 is 0. The summed E-state index contributed by atoms with van der Waals surface area (Å²) in [5.41, 5.74) is 8.54. The third-order valence-corrected chi connectivity index (χ3v) is 3.53. The molecule has 3 rings (SSSR count). The fourth-order valence-corrected chi connectivity index (χ4v) is 2.53. The monoisotopic (exact) mass is 245 g/mol. The number of nitrogens with two attached hydrogens (primary N) is 1. The Bertz CT molecular complexity index is 529. The molecule has 1 fully saturated rings. The van der Waals surface area contributed by atoms with E-state index in [2.05, 4.69) is 9.97 Å². The van der Waals surface area contributed by atoms with Gasteiger partial charge in [-0.25, -0.2) is 4.98 Å². The number of nitrogen functional groups attached to an aromatic ring is 1. The van der Waals surface area contributed by atoms with Crippen molar-refractivity contribution in [1.82, 2.24) is 9.97 Å². The van der Waals surface area contributed by atoms with Crippen LogP contribution >= 0.6 is 0 Å². The maximum atomic E-state index is 5.76. The number of imidazole rings is 1. The zero-order valence-electron chi connectivity index (χ0n) is 10.5. The quantitative estimate of drug-likeness (QED) is 0.817. The summed E-state index contributed by atoms with van der Waals surface area (Å²) in [6, 6.07) is 5.78. The van der Waals surface area contributed by atoms with Gasteiger partial charge < -0.3 is 15.5 Å². The Labute approximate surface area is 107 Å². The molecular weight excluding hydrogens is 226 g/mol. The van der Waals surface area contributed by atoms with Crippen molar-refractivity contribution in [2.45, 2.75) is 38.2 Å². The molecule has 0 aliphatic carbocycles. The first-order chi connectivity index (χ1) is 8.81. The fraction of sp³-hybridized carbons (Fsp3) is 0.500. The smallest absolute Gasteiger partial charge is 0.107 e. The Hall–Kier alpha value is -1.55. The second kappa shape index (κ2) is 4.98. The van der Waals surface area contributed by atoms with Gasteiger partial charge in [0.1, 0.15) is 5.82 Å². The van der Waals surface area contributed by atoms with Gasteiger partial charge in [0.2, 0.25) is 0 Å². The number of anilines is 1. The van der Waals surface area contributed by atoms with Crippen LogP contribution in [0.3, 0.4) is 0 Å². The number of nitrogens with zero attached hydrogens (tertiary/aromatic N) is 1. The van der Waals surface area contributed by atoms with Crippen LogP contribution in [0, 0.1) is 0 Å². The van der Waals surface area contributed by atoms with E-state index < -0.39 is 0 Å². The molecular formula is C14H19N3O. The van der Waals surface area contributed by atoms with Gasteiger partial charge in [-0.1, -0.05) is 0 Å². The normalized spacial score (nSPS) is 20.3. The van der Waals surface area contributed by atoms with Crippen LogP contribution in [-0.4, -0.2) is 22.7 Å². The maximum Gasteiger partial charge on any atom is 0.107 e. The minimum absolute atomic E-state index is 0.414.